The summed E-state index contributed by atoms with van der Waals surface area (Å²) in [6, 6.07) is 7.74. The van der Waals surface area contributed by atoms with Gasteiger partial charge in [-0.2, -0.15) is 5.26 Å². The van der Waals surface area contributed by atoms with Gasteiger partial charge in [-0.05, 0) is 30.7 Å². The SMILES string of the molecule is N#CN1CC[C@@H](NC(=O)c2ccc(N3CCOCC3)cc2)C1. The van der Waals surface area contributed by atoms with Gasteiger partial charge in [-0.25, -0.2) is 0 Å². The van der Waals surface area contributed by atoms with E-state index in [4.69, 9.17) is 10.00 Å². The van der Waals surface area contributed by atoms with Gasteiger partial charge in [-0.1, -0.05) is 0 Å². The Bertz CT molecular complexity index is 561. The van der Waals surface area contributed by atoms with Crippen LogP contribution in [0.3, 0.4) is 0 Å². The standard InChI is InChI=1S/C16H20N4O2/c17-12-19-6-5-14(11-19)18-16(21)13-1-3-15(4-2-13)20-7-9-22-10-8-20/h1-4,14H,5-11H2,(H,18,21)/t14-/m1/s1. The highest BCUT2D eigenvalue weighted by Crippen LogP contribution is 2.17. The van der Waals surface area contributed by atoms with Crippen LogP contribution in [0.4, 0.5) is 5.69 Å². The molecule has 2 heterocycles. The zero-order valence-corrected chi connectivity index (χ0v) is 12.5. The third kappa shape index (κ3) is 3.31. The van der Waals surface area contributed by atoms with Gasteiger partial charge in [0.25, 0.3) is 5.91 Å². The monoisotopic (exact) mass is 300 g/mol. The van der Waals surface area contributed by atoms with E-state index in [0.717, 1.165) is 45.0 Å². The van der Waals surface area contributed by atoms with E-state index in [1.165, 1.54) is 0 Å². The number of nitrogens with one attached hydrogen (secondary N) is 1. The molecule has 2 saturated heterocycles. The molecule has 6 heteroatoms. The Labute approximate surface area is 130 Å². The topological polar surface area (TPSA) is 68.6 Å². The summed E-state index contributed by atoms with van der Waals surface area (Å²) in [5, 5.41) is 11.8. The van der Waals surface area contributed by atoms with Gasteiger partial charge in [0.15, 0.2) is 6.19 Å². The molecule has 0 spiro atoms. The number of hydrogen-bond acceptors (Lipinski definition) is 5. The van der Waals surface area contributed by atoms with Crippen LogP contribution in [0.5, 0.6) is 0 Å². The highest BCUT2D eigenvalue weighted by molar-refractivity contribution is 5.94. The van der Waals surface area contributed by atoms with E-state index in [2.05, 4.69) is 16.4 Å². The Kier molecular flexibility index (Phi) is 4.45. The van der Waals surface area contributed by atoms with Gasteiger partial charge in [0.1, 0.15) is 0 Å². The Morgan fingerprint density at radius 3 is 2.59 bits per heavy atom. The second-order valence-electron chi connectivity index (χ2n) is 5.65. The first kappa shape index (κ1) is 14.7. The smallest absolute Gasteiger partial charge is 0.251 e. The highest BCUT2D eigenvalue weighted by Gasteiger charge is 2.23. The second kappa shape index (κ2) is 6.67. The molecular weight excluding hydrogens is 280 g/mol. The minimum atomic E-state index is -0.0710. The fourth-order valence-corrected chi connectivity index (χ4v) is 2.88. The maximum Gasteiger partial charge on any atom is 0.251 e. The normalized spacial score (nSPS) is 21.5. The number of rotatable bonds is 3. The molecule has 2 aliphatic heterocycles. The summed E-state index contributed by atoms with van der Waals surface area (Å²) in [6.45, 7) is 4.60. The van der Waals surface area contributed by atoms with E-state index in [-0.39, 0.29) is 11.9 Å². The molecule has 3 rings (SSSR count). The number of carbonyl (C=O) groups is 1. The first-order valence-electron chi connectivity index (χ1n) is 7.64. The molecule has 22 heavy (non-hydrogen) atoms. The van der Waals surface area contributed by atoms with E-state index in [0.29, 0.717) is 12.1 Å². The van der Waals surface area contributed by atoms with E-state index in [9.17, 15) is 4.79 Å². The summed E-state index contributed by atoms with van der Waals surface area (Å²) in [7, 11) is 0. The lowest BCUT2D eigenvalue weighted by Gasteiger charge is -2.28. The third-order valence-corrected chi connectivity index (χ3v) is 4.17. The largest absolute Gasteiger partial charge is 0.378 e. The van der Waals surface area contributed by atoms with Crippen LogP contribution >= 0.6 is 0 Å². The quantitative estimate of drug-likeness (QED) is 0.837. The molecule has 0 saturated carbocycles. The average molecular weight is 300 g/mol. The molecule has 0 unspecified atom stereocenters. The van der Waals surface area contributed by atoms with Gasteiger partial charge in [0.2, 0.25) is 0 Å². The zero-order valence-electron chi connectivity index (χ0n) is 12.5. The molecule has 0 aromatic heterocycles. The minimum absolute atomic E-state index is 0.0612. The molecule has 6 nitrogen and oxygen atoms in total. The summed E-state index contributed by atoms with van der Waals surface area (Å²) in [5.41, 5.74) is 1.78. The number of likely N-dealkylation sites (tertiary alicyclic amines) is 1. The van der Waals surface area contributed by atoms with Crippen LogP contribution in [-0.4, -0.2) is 56.2 Å². The molecule has 1 aromatic rings. The van der Waals surface area contributed by atoms with Crippen LogP contribution in [0.15, 0.2) is 24.3 Å². The summed E-state index contributed by atoms with van der Waals surface area (Å²) in [5.74, 6) is -0.0710. The van der Waals surface area contributed by atoms with Crippen LogP contribution in [0, 0.1) is 11.5 Å². The summed E-state index contributed by atoms with van der Waals surface area (Å²) >= 11 is 0. The van der Waals surface area contributed by atoms with Crippen molar-refractivity contribution >= 4 is 11.6 Å². The zero-order chi connectivity index (χ0) is 15.4. The molecule has 1 atom stereocenters. The molecule has 116 valence electrons. The summed E-state index contributed by atoms with van der Waals surface area (Å²) < 4.78 is 5.34. The van der Waals surface area contributed by atoms with E-state index >= 15 is 0 Å². The maximum absolute atomic E-state index is 12.2. The van der Waals surface area contributed by atoms with Crippen molar-refractivity contribution in [1.82, 2.24) is 10.2 Å². The van der Waals surface area contributed by atoms with Gasteiger partial charge in [-0.3, -0.25) is 4.79 Å². The van der Waals surface area contributed by atoms with Crippen molar-refractivity contribution in [2.45, 2.75) is 12.5 Å². The van der Waals surface area contributed by atoms with Crippen LogP contribution in [-0.2, 0) is 4.74 Å². The second-order valence-corrected chi connectivity index (χ2v) is 5.65. The Morgan fingerprint density at radius 2 is 1.95 bits per heavy atom. The first-order chi connectivity index (χ1) is 10.8. The fraction of sp³-hybridized carbons (Fsp3) is 0.500. The molecule has 0 aliphatic carbocycles. The van der Waals surface area contributed by atoms with Crippen molar-refractivity contribution in [3.8, 4) is 6.19 Å². The van der Waals surface area contributed by atoms with Crippen molar-refractivity contribution < 1.29 is 9.53 Å². The number of benzene rings is 1. The predicted octanol–water partition coefficient (Wildman–Crippen LogP) is 0.808. The van der Waals surface area contributed by atoms with Gasteiger partial charge in [0, 0.05) is 43.5 Å². The van der Waals surface area contributed by atoms with Crippen molar-refractivity contribution in [1.29, 1.82) is 5.26 Å². The molecular formula is C16H20N4O2. The van der Waals surface area contributed by atoms with Crippen LogP contribution < -0.4 is 10.2 Å². The fourth-order valence-electron chi connectivity index (χ4n) is 2.88. The molecule has 0 bridgehead atoms. The van der Waals surface area contributed by atoms with E-state index < -0.39 is 0 Å². The lowest BCUT2D eigenvalue weighted by molar-refractivity contribution is 0.0938. The third-order valence-electron chi connectivity index (χ3n) is 4.17. The van der Waals surface area contributed by atoms with E-state index in [1.807, 2.05) is 24.3 Å². The highest BCUT2D eigenvalue weighted by atomic mass is 16.5. The van der Waals surface area contributed by atoms with Gasteiger partial charge in [-0.15, -0.1) is 0 Å². The summed E-state index contributed by atoms with van der Waals surface area (Å²) in [6.07, 6.45) is 2.94. The Hall–Kier alpha value is -2.26. The van der Waals surface area contributed by atoms with Crippen molar-refractivity contribution in [3.05, 3.63) is 29.8 Å². The molecule has 1 amide bonds. The molecule has 2 aliphatic rings. The number of amides is 1. The van der Waals surface area contributed by atoms with Crippen molar-refractivity contribution in [3.63, 3.8) is 0 Å². The Balaban J connectivity index is 1.58. The van der Waals surface area contributed by atoms with Crippen LogP contribution in [0.1, 0.15) is 16.8 Å². The van der Waals surface area contributed by atoms with Crippen molar-refractivity contribution in [2.75, 3.05) is 44.3 Å². The average Bonchev–Trinajstić information content (AvgIpc) is 3.03. The van der Waals surface area contributed by atoms with Gasteiger partial charge < -0.3 is 19.9 Å². The van der Waals surface area contributed by atoms with Gasteiger partial charge in [0.05, 0.1) is 13.2 Å². The van der Waals surface area contributed by atoms with Crippen LogP contribution in [0.25, 0.3) is 0 Å². The van der Waals surface area contributed by atoms with Gasteiger partial charge >= 0.3 is 0 Å². The number of ether oxygens (including phenoxy) is 1. The number of carbonyl (C=O) groups excluding carboxylic acids is 1. The number of nitriles is 1. The summed E-state index contributed by atoms with van der Waals surface area (Å²) in [4.78, 5) is 16.2. The molecule has 1 aromatic carbocycles. The predicted molar refractivity (Wildman–Crippen MR) is 82.5 cm³/mol. The molecule has 1 N–H and O–H groups in total. The van der Waals surface area contributed by atoms with E-state index in [1.54, 1.807) is 4.90 Å². The lowest BCUT2D eigenvalue weighted by Crippen LogP contribution is -2.37. The minimum Gasteiger partial charge on any atom is -0.378 e. The Morgan fingerprint density at radius 1 is 1.23 bits per heavy atom. The molecule has 0 radical (unpaired) electrons. The molecule has 2 fully saturated rings. The maximum atomic E-state index is 12.2. The van der Waals surface area contributed by atoms with Crippen molar-refractivity contribution in [2.24, 2.45) is 0 Å². The number of nitrogens with zero attached hydrogens (tertiary/aromatic N) is 3. The lowest BCUT2D eigenvalue weighted by atomic mass is 10.1. The van der Waals surface area contributed by atoms with Crippen LogP contribution in [0.2, 0.25) is 0 Å². The number of hydrogen-bond donors (Lipinski definition) is 1. The first-order valence-corrected chi connectivity index (χ1v) is 7.64. The number of morpholine rings is 1. The number of anilines is 1.